The highest BCUT2D eigenvalue weighted by Gasteiger charge is 2.22. The third-order valence-electron chi connectivity index (χ3n) is 4.28. The maximum absolute atomic E-state index is 11.8. The molecule has 1 unspecified atom stereocenters. The number of rotatable bonds is 6. The number of carbonyl (C=O) groups excluding carboxylic acids is 2. The second-order valence-electron chi connectivity index (χ2n) is 6.03. The zero-order valence-electron chi connectivity index (χ0n) is 13.6. The summed E-state index contributed by atoms with van der Waals surface area (Å²) < 4.78 is 5.55. The monoisotopic (exact) mass is 353 g/mol. The van der Waals surface area contributed by atoms with Crippen LogP contribution in [0.25, 0.3) is 0 Å². The Labute approximate surface area is 148 Å². The molecule has 1 aromatic rings. The van der Waals surface area contributed by atoms with Gasteiger partial charge in [0.05, 0.1) is 0 Å². The van der Waals surface area contributed by atoms with E-state index in [1.165, 1.54) is 6.42 Å². The fraction of sp³-hybridized carbons (Fsp3) is 0.529. The van der Waals surface area contributed by atoms with E-state index in [1.807, 2.05) is 18.2 Å². The zero-order valence-corrected chi connectivity index (χ0v) is 14.4. The van der Waals surface area contributed by atoms with E-state index in [0.29, 0.717) is 24.8 Å². The van der Waals surface area contributed by atoms with Crippen LogP contribution < -0.4 is 20.3 Å². The standard InChI is InChI=1S/C17H23N3O3.ClH/c21-16(19-11-13-4-2-8-18-13)12-23-15-6-1-5-14(10-15)20-9-3-7-17(20)22;/h1,5-6,10,13,18H,2-4,7-9,11-12H2,(H,19,21);1H. The Kier molecular flexibility index (Phi) is 6.87. The second kappa shape index (κ2) is 8.89. The van der Waals surface area contributed by atoms with E-state index in [4.69, 9.17) is 4.74 Å². The Bertz CT molecular complexity index is 576. The van der Waals surface area contributed by atoms with Gasteiger partial charge in [-0.3, -0.25) is 9.59 Å². The number of nitrogens with one attached hydrogen (secondary N) is 2. The SMILES string of the molecule is Cl.O=C(COc1cccc(N2CCCC2=O)c1)NCC1CCCN1. The summed E-state index contributed by atoms with van der Waals surface area (Å²) in [7, 11) is 0. The van der Waals surface area contributed by atoms with Crippen LogP contribution in [0.3, 0.4) is 0 Å². The van der Waals surface area contributed by atoms with Gasteiger partial charge in [-0.2, -0.15) is 0 Å². The van der Waals surface area contributed by atoms with E-state index in [9.17, 15) is 9.59 Å². The molecule has 0 bridgehead atoms. The Morgan fingerprint density at radius 3 is 2.96 bits per heavy atom. The molecule has 2 N–H and O–H groups in total. The van der Waals surface area contributed by atoms with Crippen LogP contribution in [-0.2, 0) is 9.59 Å². The maximum atomic E-state index is 11.8. The van der Waals surface area contributed by atoms with Gasteiger partial charge in [-0.05, 0) is 37.9 Å². The first kappa shape index (κ1) is 18.5. The molecule has 0 aromatic heterocycles. The van der Waals surface area contributed by atoms with Gasteiger partial charge < -0.3 is 20.3 Å². The molecule has 2 fully saturated rings. The van der Waals surface area contributed by atoms with Crippen LogP contribution in [0, 0.1) is 0 Å². The number of ether oxygens (including phenoxy) is 1. The van der Waals surface area contributed by atoms with Crippen molar-refractivity contribution in [3.05, 3.63) is 24.3 Å². The largest absolute Gasteiger partial charge is 0.484 e. The van der Waals surface area contributed by atoms with Gasteiger partial charge in [0.1, 0.15) is 5.75 Å². The third kappa shape index (κ3) is 4.85. The zero-order chi connectivity index (χ0) is 16.1. The lowest BCUT2D eigenvalue weighted by atomic mass is 10.2. The van der Waals surface area contributed by atoms with E-state index in [1.54, 1.807) is 11.0 Å². The minimum absolute atomic E-state index is 0. The summed E-state index contributed by atoms with van der Waals surface area (Å²) in [6.45, 7) is 2.41. The predicted octanol–water partition coefficient (Wildman–Crippen LogP) is 1.48. The van der Waals surface area contributed by atoms with Crippen LogP contribution in [0.15, 0.2) is 24.3 Å². The lowest BCUT2D eigenvalue weighted by molar-refractivity contribution is -0.123. The molecule has 7 heteroatoms. The van der Waals surface area contributed by atoms with Gasteiger partial charge in [0.2, 0.25) is 5.91 Å². The third-order valence-corrected chi connectivity index (χ3v) is 4.28. The van der Waals surface area contributed by atoms with Gasteiger partial charge in [0.15, 0.2) is 6.61 Å². The molecule has 2 aliphatic heterocycles. The Morgan fingerprint density at radius 1 is 1.38 bits per heavy atom. The molecule has 2 heterocycles. The molecule has 2 aliphatic rings. The van der Waals surface area contributed by atoms with E-state index >= 15 is 0 Å². The molecule has 0 aliphatic carbocycles. The average Bonchev–Trinajstić information content (AvgIpc) is 3.22. The summed E-state index contributed by atoms with van der Waals surface area (Å²) >= 11 is 0. The summed E-state index contributed by atoms with van der Waals surface area (Å²) in [6, 6.07) is 7.73. The molecule has 0 spiro atoms. The van der Waals surface area contributed by atoms with Crippen LogP contribution in [0.1, 0.15) is 25.7 Å². The molecular formula is C17H24ClN3O3. The lowest BCUT2D eigenvalue weighted by Crippen LogP contribution is -2.39. The Hall–Kier alpha value is -1.79. The number of nitrogens with zero attached hydrogens (tertiary/aromatic N) is 1. The topological polar surface area (TPSA) is 70.7 Å². The van der Waals surface area contributed by atoms with Gasteiger partial charge in [0.25, 0.3) is 5.91 Å². The van der Waals surface area contributed by atoms with Crippen molar-refractivity contribution in [2.45, 2.75) is 31.7 Å². The highest BCUT2D eigenvalue weighted by atomic mass is 35.5. The molecule has 6 nitrogen and oxygen atoms in total. The fourth-order valence-corrected chi connectivity index (χ4v) is 3.03. The highest BCUT2D eigenvalue weighted by Crippen LogP contribution is 2.25. The highest BCUT2D eigenvalue weighted by molar-refractivity contribution is 5.95. The Morgan fingerprint density at radius 2 is 2.25 bits per heavy atom. The minimum Gasteiger partial charge on any atom is -0.484 e. The van der Waals surface area contributed by atoms with Crippen LogP contribution in [0.5, 0.6) is 5.75 Å². The second-order valence-corrected chi connectivity index (χ2v) is 6.03. The summed E-state index contributed by atoms with van der Waals surface area (Å²) in [4.78, 5) is 25.4. The van der Waals surface area contributed by atoms with Crippen molar-refractivity contribution in [3.63, 3.8) is 0 Å². The van der Waals surface area contributed by atoms with E-state index in [-0.39, 0.29) is 30.8 Å². The average molecular weight is 354 g/mol. The molecule has 0 saturated carbocycles. The summed E-state index contributed by atoms with van der Waals surface area (Å²) in [5, 5.41) is 6.22. The van der Waals surface area contributed by atoms with Crippen molar-refractivity contribution < 1.29 is 14.3 Å². The number of benzene rings is 1. The first-order valence-electron chi connectivity index (χ1n) is 8.26. The van der Waals surface area contributed by atoms with Gasteiger partial charge >= 0.3 is 0 Å². The summed E-state index contributed by atoms with van der Waals surface area (Å²) in [5.41, 5.74) is 0.834. The smallest absolute Gasteiger partial charge is 0.257 e. The quantitative estimate of drug-likeness (QED) is 0.812. The number of carbonyl (C=O) groups is 2. The van der Waals surface area contributed by atoms with Crippen molar-refractivity contribution in [3.8, 4) is 5.75 Å². The number of amides is 2. The van der Waals surface area contributed by atoms with Crippen molar-refractivity contribution in [2.24, 2.45) is 0 Å². The Balaban J connectivity index is 0.00000208. The van der Waals surface area contributed by atoms with Crippen LogP contribution in [0.4, 0.5) is 5.69 Å². The molecule has 24 heavy (non-hydrogen) atoms. The van der Waals surface area contributed by atoms with Gasteiger partial charge in [-0.25, -0.2) is 0 Å². The number of halogens is 1. The molecule has 1 atom stereocenters. The first-order valence-corrected chi connectivity index (χ1v) is 8.26. The predicted molar refractivity (Wildman–Crippen MR) is 94.8 cm³/mol. The first-order chi connectivity index (χ1) is 11.2. The lowest BCUT2D eigenvalue weighted by Gasteiger charge is -2.17. The molecule has 2 amide bonds. The molecule has 1 aromatic carbocycles. The fourth-order valence-electron chi connectivity index (χ4n) is 3.03. The molecule has 2 saturated heterocycles. The number of hydrogen-bond donors (Lipinski definition) is 2. The van der Waals surface area contributed by atoms with E-state index in [0.717, 1.165) is 31.6 Å². The molecule has 132 valence electrons. The number of hydrogen-bond acceptors (Lipinski definition) is 4. The van der Waals surface area contributed by atoms with Crippen LogP contribution >= 0.6 is 12.4 Å². The molecule has 0 radical (unpaired) electrons. The van der Waals surface area contributed by atoms with E-state index < -0.39 is 0 Å². The maximum Gasteiger partial charge on any atom is 0.257 e. The summed E-state index contributed by atoms with van der Waals surface area (Å²) in [5.74, 6) is 0.627. The van der Waals surface area contributed by atoms with Gasteiger partial charge in [-0.15, -0.1) is 12.4 Å². The molecular weight excluding hydrogens is 330 g/mol. The van der Waals surface area contributed by atoms with Crippen molar-refractivity contribution in [1.29, 1.82) is 0 Å². The van der Waals surface area contributed by atoms with Crippen molar-refractivity contribution in [1.82, 2.24) is 10.6 Å². The number of anilines is 1. The van der Waals surface area contributed by atoms with Crippen molar-refractivity contribution >= 4 is 29.9 Å². The normalized spacial score (nSPS) is 19.9. The van der Waals surface area contributed by atoms with E-state index in [2.05, 4.69) is 10.6 Å². The summed E-state index contributed by atoms with van der Waals surface area (Å²) in [6.07, 6.45) is 3.76. The van der Waals surface area contributed by atoms with Gasteiger partial charge in [-0.1, -0.05) is 6.07 Å². The van der Waals surface area contributed by atoms with Crippen molar-refractivity contribution in [2.75, 3.05) is 31.1 Å². The molecule has 3 rings (SSSR count). The van der Waals surface area contributed by atoms with Crippen LogP contribution in [-0.4, -0.2) is 44.1 Å². The van der Waals surface area contributed by atoms with Gasteiger partial charge in [0, 0.05) is 37.3 Å². The van der Waals surface area contributed by atoms with Crippen LogP contribution in [0.2, 0.25) is 0 Å². The minimum atomic E-state index is -0.124.